The highest BCUT2D eigenvalue weighted by molar-refractivity contribution is 7.18. The molecule has 7 heteroatoms. The minimum absolute atomic E-state index is 0.278. The molecule has 0 unspecified atom stereocenters. The van der Waals surface area contributed by atoms with Crippen LogP contribution in [-0.4, -0.2) is 31.1 Å². The number of nitriles is 1. The van der Waals surface area contributed by atoms with Crippen molar-refractivity contribution in [3.8, 4) is 11.8 Å². The van der Waals surface area contributed by atoms with Gasteiger partial charge >= 0.3 is 5.97 Å². The lowest BCUT2D eigenvalue weighted by atomic mass is 10.1. The molecule has 1 aromatic carbocycles. The van der Waals surface area contributed by atoms with Crippen molar-refractivity contribution in [2.45, 2.75) is 26.9 Å². The maximum absolute atomic E-state index is 12.2. The van der Waals surface area contributed by atoms with Crippen LogP contribution in [0.2, 0.25) is 0 Å². The molecule has 0 aliphatic carbocycles. The van der Waals surface area contributed by atoms with E-state index >= 15 is 0 Å². The van der Waals surface area contributed by atoms with Crippen molar-refractivity contribution in [2.75, 3.05) is 26.0 Å². The van der Waals surface area contributed by atoms with Gasteiger partial charge in [-0.1, -0.05) is 12.1 Å². The summed E-state index contributed by atoms with van der Waals surface area (Å²) in [5.74, 6) is 0.399. The van der Waals surface area contributed by atoms with Crippen molar-refractivity contribution in [1.29, 1.82) is 5.26 Å². The number of rotatable bonds is 8. The topological polar surface area (TPSA) is 88.6 Å². The van der Waals surface area contributed by atoms with E-state index in [9.17, 15) is 10.1 Å². The lowest BCUT2D eigenvalue weighted by Crippen LogP contribution is -2.19. The molecule has 0 amide bonds. The first kappa shape index (κ1) is 19.8. The monoisotopic (exact) mass is 373 g/mol. The smallest absolute Gasteiger partial charge is 0.348 e. The fourth-order valence-electron chi connectivity index (χ4n) is 2.62. The molecular formula is C19H23N3O3S. The van der Waals surface area contributed by atoms with Crippen molar-refractivity contribution in [3.05, 3.63) is 45.8 Å². The van der Waals surface area contributed by atoms with Crippen molar-refractivity contribution in [3.63, 3.8) is 0 Å². The van der Waals surface area contributed by atoms with E-state index in [1.807, 2.05) is 43.1 Å². The zero-order valence-corrected chi connectivity index (χ0v) is 16.1. The fraction of sp³-hybridized carbons (Fsp3) is 0.368. The van der Waals surface area contributed by atoms with Crippen LogP contribution in [0.3, 0.4) is 0 Å². The summed E-state index contributed by atoms with van der Waals surface area (Å²) in [5, 5.41) is 9.75. The third-order valence-electron chi connectivity index (χ3n) is 3.72. The molecule has 0 atom stereocenters. The van der Waals surface area contributed by atoms with Crippen LogP contribution in [0.1, 0.15) is 40.2 Å². The van der Waals surface area contributed by atoms with Gasteiger partial charge in [-0.2, -0.15) is 5.26 Å². The molecule has 26 heavy (non-hydrogen) atoms. The van der Waals surface area contributed by atoms with Gasteiger partial charge < -0.3 is 15.2 Å². The predicted octanol–water partition coefficient (Wildman–Crippen LogP) is 3.41. The molecule has 2 rings (SSSR count). The molecule has 0 radical (unpaired) electrons. The summed E-state index contributed by atoms with van der Waals surface area (Å²) in [6, 6.07) is 9.97. The molecule has 6 nitrogen and oxygen atoms in total. The van der Waals surface area contributed by atoms with Crippen LogP contribution in [-0.2, 0) is 17.8 Å². The zero-order chi connectivity index (χ0) is 19.1. The first-order chi connectivity index (χ1) is 12.5. The van der Waals surface area contributed by atoms with Crippen LogP contribution in [0, 0.1) is 11.3 Å². The second kappa shape index (κ2) is 9.22. The molecule has 0 saturated carbocycles. The Bertz CT molecular complexity index is 794. The molecule has 0 fully saturated rings. The zero-order valence-electron chi connectivity index (χ0n) is 15.2. The number of nitrogen functional groups attached to an aromatic ring is 1. The number of thiophene rings is 1. The highest BCUT2D eigenvalue weighted by atomic mass is 32.1. The average Bonchev–Trinajstić information content (AvgIpc) is 2.92. The molecule has 2 N–H and O–H groups in total. The van der Waals surface area contributed by atoms with Gasteiger partial charge in [0.15, 0.2) is 0 Å². The number of nitrogens with two attached hydrogens (primary N) is 1. The summed E-state index contributed by atoms with van der Waals surface area (Å²) in [5.41, 5.74) is 8.01. The second-order valence-corrected chi connectivity index (χ2v) is 6.78. The number of carbonyl (C=O) groups is 1. The Morgan fingerprint density at radius 3 is 2.50 bits per heavy atom. The maximum atomic E-state index is 12.2. The molecule has 138 valence electrons. The lowest BCUT2D eigenvalue weighted by Gasteiger charge is -2.17. The van der Waals surface area contributed by atoms with Gasteiger partial charge in [-0.3, -0.25) is 4.90 Å². The van der Waals surface area contributed by atoms with E-state index in [-0.39, 0.29) is 6.61 Å². The summed E-state index contributed by atoms with van der Waals surface area (Å²) in [4.78, 5) is 14.6. The lowest BCUT2D eigenvalue weighted by molar-refractivity contribution is 0.0530. The van der Waals surface area contributed by atoms with Crippen LogP contribution >= 0.6 is 11.3 Å². The molecule has 0 aliphatic rings. The highest BCUT2D eigenvalue weighted by Gasteiger charge is 2.23. The van der Waals surface area contributed by atoms with Crippen molar-refractivity contribution in [1.82, 2.24) is 4.90 Å². The number of hydrogen-bond acceptors (Lipinski definition) is 7. The Balaban J connectivity index is 2.16. The summed E-state index contributed by atoms with van der Waals surface area (Å²) in [6.45, 7) is 5.69. The minimum Gasteiger partial charge on any atom is -0.494 e. The van der Waals surface area contributed by atoms with Gasteiger partial charge in [0.05, 0.1) is 18.8 Å². The Hall–Kier alpha value is -2.56. The number of carbonyl (C=O) groups excluding carboxylic acids is 1. The van der Waals surface area contributed by atoms with E-state index in [1.54, 1.807) is 6.92 Å². The van der Waals surface area contributed by atoms with E-state index in [1.165, 1.54) is 0 Å². The van der Waals surface area contributed by atoms with Crippen LogP contribution in [0.5, 0.6) is 5.75 Å². The van der Waals surface area contributed by atoms with E-state index in [2.05, 4.69) is 6.07 Å². The number of esters is 1. The number of hydrogen-bond donors (Lipinski definition) is 1. The fourth-order valence-corrected chi connectivity index (χ4v) is 3.54. The normalized spacial score (nSPS) is 10.6. The van der Waals surface area contributed by atoms with E-state index < -0.39 is 5.97 Å². The summed E-state index contributed by atoms with van der Waals surface area (Å²) in [6.07, 6.45) is 0. The Kier molecular flexibility index (Phi) is 7.01. The minimum atomic E-state index is -0.435. The molecule has 1 heterocycles. The summed E-state index contributed by atoms with van der Waals surface area (Å²) < 4.78 is 10.5. The van der Waals surface area contributed by atoms with Crippen LogP contribution in [0.15, 0.2) is 24.3 Å². The van der Waals surface area contributed by atoms with E-state index in [0.717, 1.165) is 22.6 Å². The van der Waals surface area contributed by atoms with Crippen LogP contribution in [0.25, 0.3) is 0 Å². The SMILES string of the molecule is CCOC(=O)c1sc(N)c(C#N)c1CN(C)Cc1ccc(OCC)cc1. The van der Waals surface area contributed by atoms with Crippen LogP contribution < -0.4 is 10.5 Å². The van der Waals surface area contributed by atoms with Crippen molar-refractivity contribution >= 4 is 22.3 Å². The Morgan fingerprint density at radius 2 is 1.92 bits per heavy atom. The van der Waals surface area contributed by atoms with Gasteiger partial charge in [0.2, 0.25) is 0 Å². The summed E-state index contributed by atoms with van der Waals surface area (Å²) >= 11 is 1.11. The number of anilines is 1. The number of nitrogens with zero attached hydrogens (tertiary/aromatic N) is 2. The third-order valence-corrected chi connectivity index (χ3v) is 4.76. The van der Waals surface area contributed by atoms with Gasteiger partial charge in [-0.05, 0) is 38.6 Å². The maximum Gasteiger partial charge on any atom is 0.348 e. The third kappa shape index (κ3) is 4.75. The van der Waals surface area contributed by atoms with Gasteiger partial charge in [0.25, 0.3) is 0 Å². The van der Waals surface area contributed by atoms with Crippen LogP contribution in [0.4, 0.5) is 5.00 Å². The molecule has 0 bridgehead atoms. The quantitative estimate of drug-likeness (QED) is 0.713. The molecule has 0 saturated heterocycles. The second-order valence-electron chi connectivity index (χ2n) is 5.73. The summed E-state index contributed by atoms with van der Waals surface area (Å²) in [7, 11) is 1.93. The Labute approximate surface area is 157 Å². The molecule has 0 aliphatic heterocycles. The first-order valence-corrected chi connectivity index (χ1v) is 9.20. The van der Waals surface area contributed by atoms with Gasteiger partial charge in [-0.15, -0.1) is 11.3 Å². The average molecular weight is 373 g/mol. The van der Waals surface area contributed by atoms with E-state index in [4.69, 9.17) is 15.2 Å². The largest absolute Gasteiger partial charge is 0.494 e. The Morgan fingerprint density at radius 1 is 1.23 bits per heavy atom. The standard InChI is InChI=1S/C19H23N3O3S/c1-4-24-14-8-6-13(7-9-14)11-22(3)12-16-15(10-20)18(21)26-17(16)19(23)25-5-2/h6-9H,4-5,11-12,21H2,1-3H3. The van der Waals surface area contributed by atoms with Crippen molar-refractivity contribution < 1.29 is 14.3 Å². The molecular weight excluding hydrogens is 350 g/mol. The first-order valence-electron chi connectivity index (χ1n) is 8.38. The van der Waals surface area contributed by atoms with Gasteiger partial charge in [-0.25, -0.2) is 4.79 Å². The molecule has 2 aromatic rings. The van der Waals surface area contributed by atoms with Gasteiger partial charge in [0.1, 0.15) is 21.7 Å². The predicted molar refractivity (Wildman–Crippen MR) is 102 cm³/mol. The molecule has 1 aromatic heterocycles. The number of ether oxygens (including phenoxy) is 2. The van der Waals surface area contributed by atoms with Crippen molar-refractivity contribution in [2.24, 2.45) is 0 Å². The van der Waals surface area contributed by atoms with Gasteiger partial charge in [0, 0.05) is 18.7 Å². The number of benzene rings is 1. The molecule has 0 spiro atoms. The van der Waals surface area contributed by atoms with E-state index in [0.29, 0.717) is 40.7 Å². The highest BCUT2D eigenvalue weighted by Crippen LogP contribution is 2.32.